The van der Waals surface area contributed by atoms with E-state index in [0.717, 1.165) is 11.4 Å². The van der Waals surface area contributed by atoms with Crippen LogP contribution in [0.4, 0.5) is 16.2 Å². The maximum Gasteiger partial charge on any atom is 0.412 e. The number of nitrogens with one attached hydrogen (secondary N) is 2. The highest BCUT2D eigenvalue weighted by molar-refractivity contribution is 5.81. The third kappa shape index (κ3) is 5.60. The van der Waals surface area contributed by atoms with E-state index < -0.39 is 6.09 Å². The van der Waals surface area contributed by atoms with Gasteiger partial charge in [0.05, 0.1) is 11.4 Å². The van der Waals surface area contributed by atoms with Crippen LogP contribution in [0.2, 0.25) is 0 Å². The fraction of sp³-hybridized carbons (Fsp3) is 0.0909. The molecule has 0 saturated carbocycles. The van der Waals surface area contributed by atoms with Crippen molar-refractivity contribution in [2.45, 2.75) is 6.42 Å². The van der Waals surface area contributed by atoms with Crippen molar-refractivity contribution in [3.05, 3.63) is 91.0 Å². The molecule has 0 radical (unpaired) electrons. The first-order chi connectivity index (χ1) is 13.7. The Hall–Kier alpha value is -3.80. The predicted octanol–water partition coefficient (Wildman–Crippen LogP) is 4.03. The number of anilines is 2. The minimum atomic E-state index is -0.595. The van der Waals surface area contributed by atoms with Crippen LogP contribution in [0.3, 0.4) is 0 Å². The minimum absolute atomic E-state index is 0.111. The molecule has 3 aromatic rings. The van der Waals surface area contributed by atoms with Crippen molar-refractivity contribution in [3.63, 3.8) is 0 Å². The van der Waals surface area contributed by atoms with Crippen molar-refractivity contribution in [1.29, 1.82) is 0 Å². The maximum absolute atomic E-state index is 12.4. The van der Waals surface area contributed by atoms with E-state index in [4.69, 9.17) is 4.74 Å². The summed E-state index contributed by atoms with van der Waals surface area (Å²) in [7, 11) is 0. The van der Waals surface area contributed by atoms with E-state index in [-0.39, 0.29) is 18.9 Å². The summed E-state index contributed by atoms with van der Waals surface area (Å²) in [6, 6.07) is 27.8. The van der Waals surface area contributed by atoms with Crippen LogP contribution in [-0.4, -0.2) is 18.5 Å². The largest absolute Gasteiger partial charge is 0.412 e. The molecule has 0 aliphatic carbocycles. The van der Waals surface area contributed by atoms with Crippen LogP contribution in [0.1, 0.15) is 6.42 Å². The normalized spacial score (nSPS) is 10.0. The van der Waals surface area contributed by atoms with Gasteiger partial charge in [-0.25, -0.2) is 4.79 Å². The van der Waals surface area contributed by atoms with Gasteiger partial charge >= 0.3 is 6.09 Å². The zero-order valence-corrected chi connectivity index (χ0v) is 15.2. The van der Waals surface area contributed by atoms with E-state index in [1.807, 2.05) is 66.7 Å². The van der Waals surface area contributed by atoms with Crippen LogP contribution in [0.5, 0.6) is 5.75 Å². The standard InChI is InChI=1S/C22H21N3O3/c26-21(16-17-23-22(27)28-20-14-8-3-9-15-20)24-25(18-10-4-1-5-11-18)19-12-6-2-7-13-19/h1-15H,16-17H2,(H,23,27)(H,24,26). The van der Waals surface area contributed by atoms with Gasteiger partial charge in [-0.3, -0.25) is 15.2 Å². The average Bonchev–Trinajstić information content (AvgIpc) is 2.74. The first-order valence-corrected chi connectivity index (χ1v) is 8.93. The van der Waals surface area contributed by atoms with E-state index in [2.05, 4.69) is 10.7 Å². The molecule has 0 saturated heterocycles. The van der Waals surface area contributed by atoms with Gasteiger partial charge in [-0.1, -0.05) is 54.6 Å². The number of amides is 2. The molecular formula is C22H21N3O3. The van der Waals surface area contributed by atoms with Crippen LogP contribution in [0, 0.1) is 0 Å². The molecule has 0 unspecified atom stereocenters. The van der Waals surface area contributed by atoms with E-state index in [9.17, 15) is 9.59 Å². The second kappa shape index (κ2) is 9.78. The molecular weight excluding hydrogens is 354 g/mol. The Balaban J connectivity index is 1.53. The zero-order valence-electron chi connectivity index (χ0n) is 15.2. The average molecular weight is 375 g/mol. The van der Waals surface area contributed by atoms with Crippen molar-refractivity contribution in [2.75, 3.05) is 11.6 Å². The zero-order chi connectivity index (χ0) is 19.6. The highest BCUT2D eigenvalue weighted by Crippen LogP contribution is 2.22. The molecule has 2 amide bonds. The molecule has 0 spiro atoms. The number of ether oxygens (including phenoxy) is 1. The van der Waals surface area contributed by atoms with Crippen molar-refractivity contribution >= 4 is 23.4 Å². The molecule has 0 heterocycles. The van der Waals surface area contributed by atoms with Crippen molar-refractivity contribution in [3.8, 4) is 5.75 Å². The smallest absolute Gasteiger partial charge is 0.410 e. The monoisotopic (exact) mass is 375 g/mol. The highest BCUT2D eigenvalue weighted by Gasteiger charge is 2.13. The van der Waals surface area contributed by atoms with Crippen molar-refractivity contribution in [1.82, 2.24) is 10.7 Å². The van der Waals surface area contributed by atoms with Gasteiger partial charge in [-0.15, -0.1) is 0 Å². The Labute approximate surface area is 163 Å². The third-order valence-corrected chi connectivity index (χ3v) is 3.84. The summed E-state index contributed by atoms with van der Waals surface area (Å²) < 4.78 is 5.12. The fourth-order valence-electron chi connectivity index (χ4n) is 2.52. The van der Waals surface area contributed by atoms with Crippen molar-refractivity contribution < 1.29 is 14.3 Å². The SMILES string of the molecule is O=C(CCNC(=O)Oc1ccccc1)NN(c1ccccc1)c1ccccc1. The van der Waals surface area contributed by atoms with Gasteiger partial charge < -0.3 is 10.1 Å². The molecule has 0 fully saturated rings. The summed E-state index contributed by atoms with van der Waals surface area (Å²) in [5, 5.41) is 4.29. The van der Waals surface area contributed by atoms with Gasteiger partial charge in [-0.2, -0.15) is 0 Å². The first-order valence-electron chi connectivity index (χ1n) is 8.93. The van der Waals surface area contributed by atoms with Crippen LogP contribution < -0.4 is 20.5 Å². The number of carbonyl (C=O) groups excluding carboxylic acids is 2. The van der Waals surface area contributed by atoms with E-state index in [1.54, 1.807) is 29.3 Å². The number of hydrazine groups is 1. The van der Waals surface area contributed by atoms with Crippen molar-refractivity contribution in [2.24, 2.45) is 0 Å². The topological polar surface area (TPSA) is 70.7 Å². The summed E-state index contributed by atoms with van der Waals surface area (Å²) in [5.41, 5.74) is 4.54. The molecule has 0 bridgehead atoms. The second-order valence-corrected chi connectivity index (χ2v) is 5.92. The summed E-state index contributed by atoms with van der Waals surface area (Å²) >= 11 is 0. The lowest BCUT2D eigenvalue weighted by atomic mass is 10.2. The lowest BCUT2D eigenvalue weighted by molar-refractivity contribution is -0.120. The number of hydrogen-bond donors (Lipinski definition) is 2. The Morgan fingerprint density at radius 3 is 1.79 bits per heavy atom. The molecule has 28 heavy (non-hydrogen) atoms. The van der Waals surface area contributed by atoms with Crippen LogP contribution in [0.15, 0.2) is 91.0 Å². The third-order valence-electron chi connectivity index (χ3n) is 3.84. The number of hydrogen-bond acceptors (Lipinski definition) is 4. The number of benzene rings is 3. The second-order valence-electron chi connectivity index (χ2n) is 5.92. The van der Waals surface area contributed by atoms with Crippen LogP contribution in [0.25, 0.3) is 0 Å². The van der Waals surface area contributed by atoms with Gasteiger partial charge in [0.25, 0.3) is 0 Å². The first kappa shape index (κ1) is 19.0. The van der Waals surface area contributed by atoms with Crippen LogP contribution in [-0.2, 0) is 4.79 Å². The van der Waals surface area contributed by atoms with E-state index >= 15 is 0 Å². The van der Waals surface area contributed by atoms with Crippen LogP contribution >= 0.6 is 0 Å². The predicted molar refractivity (Wildman–Crippen MR) is 108 cm³/mol. The molecule has 6 nitrogen and oxygen atoms in total. The molecule has 3 aromatic carbocycles. The van der Waals surface area contributed by atoms with E-state index in [0.29, 0.717) is 5.75 Å². The Kier molecular flexibility index (Phi) is 6.62. The number of nitrogens with zero attached hydrogens (tertiary/aromatic N) is 1. The summed E-state index contributed by atoms with van der Waals surface area (Å²) in [4.78, 5) is 24.2. The molecule has 2 N–H and O–H groups in total. The van der Waals surface area contributed by atoms with Gasteiger partial charge in [0.15, 0.2) is 0 Å². The molecule has 6 heteroatoms. The summed E-state index contributed by atoms with van der Waals surface area (Å²) in [6.07, 6.45) is -0.484. The van der Waals surface area contributed by atoms with Gasteiger partial charge in [-0.05, 0) is 36.4 Å². The molecule has 142 valence electrons. The highest BCUT2D eigenvalue weighted by atomic mass is 16.6. The Morgan fingerprint density at radius 1 is 0.750 bits per heavy atom. The van der Waals surface area contributed by atoms with Gasteiger partial charge in [0, 0.05) is 13.0 Å². The number of rotatable bonds is 7. The molecule has 0 aromatic heterocycles. The molecule has 0 atom stereocenters. The number of carbonyl (C=O) groups is 2. The molecule has 0 aliphatic heterocycles. The number of para-hydroxylation sites is 3. The van der Waals surface area contributed by atoms with E-state index in [1.165, 1.54) is 0 Å². The summed E-state index contributed by atoms with van der Waals surface area (Å²) in [6.45, 7) is 0.162. The van der Waals surface area contributed by atoms with Gasteiger partial charge in [0.1, 0.15) is 5.75 Å². The lowest BCUT2D eigenvalue weighted by Gasteiger charge is -2.25. The summed E-state index contributed by atoms with van der Waals surface area (Å²) in [5.74, 6) is 0.219. The molecule has 3 rings (SSSR count). The van der Waals surface area contributed by atoms with Gasteiger partial charge in [0.2, 0.25) is 5.91 Å². The maximum atomic E-state index is 12.4. The molecule has 0 aliphatic rings. The Bertz CT molecular complexity index is 847. The fourth-order valence-corrected chi connectivity index (χ4v) is 2.52. The lowest BCUT2D eigenvalue weighted by Crippen LogP contribution is -2.40. The quantitative estimate of drug-likeness (QED) is 0.612. The Morgan fingerprint density at radius 2 is 1.25 bits per heavy atom. The minimum Gasteiger partial charge on any atom is -0.410 e.